The zero-order chi connectivity index (χ0) is 21.2. The van der Waals surface area contributed by atoms with Gasteiger partial charge in [0.25, 0.3) is 0 Å². The molecule has 5 fully saturated rings. The third-order valence-electron chi connectivity index (χ3n) is 8.48. The Labute approximate surface area is 183 Å². The highest BCUT2D eigenvalue weighted by atomic mass is 16.3. The number of aliphatic hydroxyl groups is 1. The Morgan fingerprint density at radius 3 is 2.52 bits per heavy atom. The number of anilines is 1. The minimum Gasteiger partial charge on any atom is -0.390 e. The molecule has 0 spiro atoms. The lowest BCUT2D eigenvalue weighted by Crippen LogP contribution is -2.62. The van der Waals surface area contributed by atoms with Crippen molar-refractivity contribution in [3.8, 4) is 0 Å². The number of para-hydroxylation sites is 1. The summed E-state index contributed by atoms with van der Waals surface area (Å²) in [5.74, 6) is 2.68. The van der Waals surface area contributed by atoms with Gasteiger partial charge >= 0.3 is 0 Å². The normalized spacial score (nSPS) is 35.0. The molecule has 2 N–H and O–H groups in total. The second-order valence-electron chi connectivity index (χ2n) is 10.6. The van der Waals surface area contributed by atoms with E-state index in [1.165, 1.54) is 12.8 Å². The van der Waals surface area contributed by atoms with Gasteiger partial charge in [-0.15, -0.1) is 0 Å². The molecule has 164 valence electrons. The van der Waals surface area contributed by atoms with Crippen LogP contribution < -0.4 is 10.2 Å². The highest BCUT2D eigenvalue weighted by molar-refractivity contribution is 5.82. The van der Waals surface area contributed by atoms with E-state index in [1.807, 2.05) is 25.1 Å². The average Bonchev–Trinajstić information content (AvgIpc) is 2.75. The lowest BCUT2D eigenvalue weighted by atomic mass is 9.52. The molecule has 7 rings (SSSR count). The fourth-order valence-electron chi connectivity index (χ4n) is 7.20. The Morgan fingerprint density at radius 1 is 1.10 bits per heavy atom. The Hall–Kier alpha value is -2.21. The number of nitrogens with zero attached hydrogens (tertiary/aromatic N) is 3. The molecule has 1 aliphatic heterocycles. The molecule has 6 nitrogen and oxygen atoms in total. The van der Waals surface area contributed by atoms with Crippen molar-refractivity contribution in [3.05, 3.63) is 30.0 Å². The molecule has 31 heavy (non-hydrogen) atoms. The Kier molecular flexibility index (Phi) is 4.50. The fraction of sp³-hybridized carbons (Fsp3) is 0.640. The van der Waals surface area contributed by atoms with Crippen molar-refractivity contribution in [2.24, 2.45) is 23.7 Å². The SMILES string of the molecule is Cc1nc(N2CCC(C(=O)NC3[C@H]4CC5C[C@H]3CC(O)(C5)C4)CC2)nc2ccccc12. The van der Waals surface area contributed by atoms with Crippen LogP contribution in [0.5, 0.6) is 0 Å². The highest BCUT2D eigenvalue weighted by Gasteiger charge is 2.55. The van der Waals surface area contributed by atoms with Gasteiger partial charge in [0, 0.05) is 30.4 Å². The van der Waals surface area contributed by atoms with Gasteiger partial charge in [0.15, 0.2) is 0 Å². The third kappa shape index (κ3) is 3.39. The van der Waals surface area contributed by atoms with Crippen LogP contribution in [0.2, 0.25) is 0 Å². The highest BCUT2D eigenvalue weighted by Crippen LogP contribution is 2.55. The van der Waals surface area contributed by atoms with Crippen LogP contribution in [0.3, 0.4) is 0 Å². The fourth-order valence-corrected chi connectivity index (χ4v) is 7.20. The molecule has 1 saturated heterocycles. The molecule has 2 atom stereocenters. The number of nitrogens with one attached hydrogen (secondary N) is 1. The molecule has 0 radical (unpaired) electrons. The lowest BCUT2D eigenvalue weighted by molar-refractivity contribution is -0.148. The monoisotopic (exact) mass is 420 g/mol. The first-order valence-electron chi connectivity index (χ1n) is 12.0. The minimum absolute atomic E-state index is 0.0677. The lowest BCUT2D eigenvalue weighted by Gasteiger charge is -2.58. The van der Waals surface area contributed by atoms with Crippen LogP contribution in [-0.4, -0.2) is 45.7 Å². The Morgan fingerprint density at radius 2 is 1.81 bits per heavy atom. The summed E-state index contributed by atoms with van der Waals surface area (Å²) < 4.78 is 0. The summed E-state index contributed by atoms with van der Waals surface area (Å²) in [6.45, 7) is 3.67. The molecule has 4 aliphatic carbocycles. The van der Waals surface area contributed by atoms with Gasteiger partial charge in [-0.1, -0.05) is 18.2 Å². The molecule has 5 aliphatic rings. The van der Waals surface area contributed by atoms with Crippen LogP contribution in [0.4, 0.5) is 5.95 Å². The summed E-state index contributed by atoms with van der Waals surface area (Å²) in [7, 11) is 0. The van der Waals surface area contributed by atoms with E-state index < -0.39 is 5.60 Å². The number of hydrogen-bond acceptors (Lipinski definition) is 5. The first-order chi connectivity index (χ1) is 15.0. The van der Waals surface area contributed by atoms with Crippen LogP contribution >= 0.6 is 0 Å². The van der Waals surface area contributed by atoms with Gasteiger partial charge in [-0.25, -0.2) is 9.97 Å². The van der Waals surface area contributed by atoms with Gasteiger partial charge in [0.1, 0.15) is 0 Å². The van der Waals surface area contributed by atoms with Gasteiger partial charge in [-0.05, 0) is 75.7 Å². The van der Waals surface area contributed by atoms with E-state index in [4.69, 9.17) is 9.97 Å². The van der Waals surface area contributed by atoms with Crippen LogP contribution in [0.25, 0.3) is 10.9 Å². The summed E-state index contributed by atoms with van der Waals surface area (Å²) >= 11 is 0. The van der Waals surface area contributed by atoms with Gasteiger partial charge in [0.05, 0.1) is 16.8 Å². The van der Waals surface area contributed by atoms with Crippen molar-refractivity contribution < 1.29 is 9.90 Å². The number of amides is 1. The standard InChI is InChI=1S/C25H32N4O2/c1-15-20-4-2-3-5-21(20)27-24(26-15)29-8-6-17(7-9-29)23(30)28-22-18-10-16-11-19(22)14-25(31,12-16)13-18/h2-5,16-19,22,31H,6-14H2,1H3,(H,28,30)/t16?,18-,19-,22?,25?/m0/s1. The van der Waals surface area contributed by atoms with Crippen molar-refractivity contribution in [2.45, 2.75) is 63.5 Å². The second kappa shape index (κ2) is 7.16. The first-order valence-corrected chi connectivity index (χ1v) is 12.0. The molecule has 2 heterocycles. The van der Waals surface area contributed by atoms with E-state index in [0.717, 1.165) is 67.7 Å². The molecule has 0 unspecified atom stereocenters. The zero-order valence-electron chi connectivity index (χ0n) is 18.3. The number of rotatable bonds is 3. The molecule has 1 aromatic carbocycles. The van der Waals surface area contributed by atoms with E-state index in [1.54, 1.807) is 0 Å². The molecule has 6 heteroatoms. The number of aromatic nitrogens is 2. The van der Waals surface area contributed by atoms with E-state index in [2.05, 4.69) is 16.3 Å². The van der Waals surface area contributed by atoms with E-state index in [0.29, 0.717) is 17.8 Å². The van der Waals surface area contributed by atoms with Crippen LogP contribution in [-0.2, 0) is 4.79 Å². The number of fused-ring (bicyclic) bond motifs is 1. The molecule has 4 bridgehead atoms. The van der Waals surface area contributed by atoms with Crippen LogP contribution in [0, 0.1) is 30.6 Å². The molecule has 1 aromatic heterocycles. The topological polar surface area (TPSA) is 78.4 Å². The van der Waals surface area contributed by atoms with Crippen molar-refractivity contribution >= 4 is 22.8 Å². The average molecular weight is 421 g/mol. The second-order valence-corrected chi connectivity index (χ2v) is 10.6. The van der Waals surface area contributed by atoms with Crippen molar-refractivity contribution in [1.29, 1.82) is 0 Å². The molecule has 2 aromatic rings. The van der Waals surface area contributed by atoms with Crippen molar-refractivity contribution in [2.75, 3.05) is 18.0 Å². The van der Waals surface area contributed by atoms with E-state index in [9.17, 15) is 9.90 Å². The first kappa shape index (κ1) is 19.5. The molecular formula is C25H32N4O2. The number of carbonyl (C=O) groups excluding carboxylic acids is 1. The molecule has 4 saturated carbocycles. The maximum absolute atomic E-state index is 13.1. The maximum atomic E-state index is 13.1. The number of aryl methyl sites for hydroxylation is 1. The summed E-state index contributed by atoms with van der Waals surface area (Å²) in [4.78, 5) is 24.8. The molecular weight excluding hydrogens is 388 g/mol. The van der Waals surface area contributed by atoms with E-state index >= 15 is 0 Å². The number of benzene rings is 1. The van der Waals surface area contributed by atoms with Gasteiger partial charge in [0.2, 0.25) is 11.9 Å². The maximum Gasteiger partial charge on any atom is 0.226 e. The summed E-state index contributed by atoms with van der Waals surface area (Å²) in [6.07, 6.45) is 6.78. The Bertz CT molecular complexity index is 1000. The predicted octanol–water partition coefficient (Wildman–Crippen LogP) is 3.21. The predicted molar refractivity (Wildman–Crippen MR) is 120 cm³/mol. The summed E-state index contributed by atoms with van der Waals surface area (Å²) in [5.41, 5.74) is 1.54. The van der Waals surface area contributed by atoms with E-state index in [-0.39, 0.29) is 17.9 Å². The largest absolute Gasteiger partial charge is 0.390 e. The van der Waals surface area contributed by atoms with Gasteiger partial charge in [-0.3, -0.25) is 4.79 Å². The number of carbonyl (C=O) groups is 1. The summed E-state index contributed by atoms with van der Waals surface area (Å²) in [6, 6.07) is 8.40. The number of hydrogen-bond donors (Lipinski definition) is 2. The van der Waals surface area contributed by atoms with Crippen molar-refractivity contribution in [1.82, 2.24) is 15.3 Å². The Balaban J connectivity index is 1.10. The van der Waals surface area contributed by atoms with Crippen molar-refractivity contribution in [3.63, 3.8) is 0 Å². The molecule has 1 amide bonds. The van der Waals surface area contributed by atoms with Gasteiger partial charge in [-0.2, -0.15) is 0 Å². The third-order valence-corrected chi connectivity index (χ3v) is 8.48. The zero-order valence-corrected chi connectivity index (χ0v) is 18.3. The summed E-state index contributed by atoms with van der Waals surface area (Å²) in [5, 5.41) is 15.3. The van der Waals surface area contributed by atoms with Gasteiger partial charge < -0.3 is 15.3 Å². The smallest absolute Gasteiger partial charge is 0.226 e. The van der Waals surface area contributed by atoms with Crippen LogP contribution in [0.1, 0.15) is 50.6 Å². The van der Waals surface area contributed by atoms with Crippen LogP contribution in [0.15, 0.2) is 24.3 Å². The quantitative estimate of drug-likeness (QED) is 0.797. The number of piperidine rings is 1. The minimum atomic E-state index is -0.443.